The molecule has 0 fully saturated rings. The minimum absolute atomic E-state index is 0.567. The highest BCUT2D eigenvalue weighted by molar-refractivity contribution is 7.13. The Balaban J connectivity index is 0.000000606. The van der Waals surface area contributed by atoms with Crippen molar-refractivity contribution in [1.82, 2.24) is 4.98 Å². The summed E-state index contributed by atoms with van der Waals surface area (Å²) in [6, 6.07) is 5.55. The van der Waals surface area contributed by atoms with E-state index in [0.717, 1.165) is 16.3 Å². The number of rotatable bonds is 1. The van der Waals surface area contributed by atoms with Gasteiger partial charge in [-0.1, -0.05) is 43.1 Å². The van der Waals surface area contributed by atoms with Crippen LogP contribution in [0.25, 0.3) is 10.6 Å². The molecule has 0 unspecified atom stereocenters. The molecule has 0 saturated heterocycles. The van der Waals surface area contributed by atoms with E-state index >= 15 is 0 Å². The summed E-state index contributed by atoms with van der Waals surface area (Å²) in [6.07, 6.45) is 0. The summed E-state index contributed by atoms with van der Waals surface area (Å²) in [5.41, 5.74) is 2.04. The van der Waals surface area contributed by atoms with Crippen molar-refractivity contribution in [2.45, 2.75) is 20.8 Å². The van der Waals surface area contributed by atoms with Gasteiger partial charge in [0.2, 0.25) is 0 Å². The van der Waals surface area contributed by atoms with E-state index in [1.165, 1.54) is 0 Å². The number of hydrogen-bond donors (Lipinski definition) is 0. The fourth-order valence-electron chi connectivity index (χ4n) is 1.12. The average Bonchev–Trinajstić information content (AvgIpc) is 2.72. The molecule has 0 atom stereocenters. The van der Waals surface area contributed by atoms with Gasteiger partial charge in [0, 0.05) is 16.6 Å². The molecular weight excluding hydrogens is 261 g/mol. The Morgan fingerprint density at radius 2 is 1.81 bits per heavy atom. The number of nitrogens with zero attached hydrogens (tertiary/aromatic N) is 1. The first-order chi connectivity index (χ1) is 7.66. The van der Waals surface area contributed by atoms with Crippen LogP contribution in [0.3, 0.4) is 0 Å². The van der Waals surface area contributed by atoms with Crippen LogP contribution in [0, 0.1) is 6.92 Å². The maximum atomic E-state index is 5.92. The topological polar surface area (TPSA) is 12.9 Å². The van der Waals surface area contributed by atoms with Crippen molar-refractivity contribution < 1.29 is 0 Å². The van der Waals surface area contributed by atoms with Crippen molar-refractivity contribution >= 4 is 34.5 Å². The monoisotopic (exact) mass is 273 g/mol. The average molecular weight is 274 g/mol. The highest BCUT2D eigenvalue weighted by atomic mass is 35.5. The third-order valence-corrected chi connectivity index (χ3v) is 3.53. The summed E-state index contributed by atoms with van der Waals surface area (Å²) >= 11 is 13.3. The lowest BCUT2D eigenvalue weighted by molar-refractivity contribution is 1.27. The molecule has 0 aliphatic rings. The smallest absolute Gasteiger partial charge is 0.123 e. The predicted molar refractivity (Wildman–Crippen MR) is 73.7 cm³/mol. The highest BCUT2D eigenvalue weighted by Crippen LogP contribution is 2.29. The molecule has 0 radical (unpaired) electrons. The van der Waals surface area contributed by atoms with Gasteiger partial charge < -0.3 is 0 Å². The molecule has 0 spiro atoms. The Kier molecular flexibility index (Phi) is 5.26. The van der Waals surface area contributed by atoms with Crippen LogP contribution >= 0.6 is 34.5 Å². The molecular formula is C12H13Cl2NS. The van der Waals surface area contributed by atoms with Gasteiger partial charge in [-0.3, -0.25) is 0 Å². The molecule has 0 aliphatic carbocycles. The fourth-order valence-corrected chi connectivity index (χ4v) is 2.21. The Bertz CT molecular complexity index is 466. The quantitative estimate of drug-likeness (QED) is 0.673. The van der Waals surface area contributed by atoms with Crippen LogP contribution in [-0.2, 0) is 0 Å². The van der Waals surface area contributed by atoms with Crippen LogP contribution in [0.1, 0.15) is 19.5 Å². The van der Waals surface area contributed by atoms with E-state index in [9.17, 15) is 0 Å². The summed E-state index contributed by atoms with van der Waals surface area (Å²) in [5, 5.41) is 4.12. The van der Waals surface area contributed by atoms with Gasteiger partial charge in [-0.15, -0.1) is 11.3 Å². The Morgan fingerprint density at radius 3 is 2.31 bits per heavy atom. The SMILES string of the molecule is CC.Cc1csc(-c2ccc(Cl)c(Cl)c2)n1. The molecule has 1 nitrogen and oxygen atoms in total. The minimum Gasteiger partial charge on any atom is -0.241 e. The molecule has 0 amide bonds. The molecule has 86 valence electrons. The third-order valence-electron chi connectivity index (χ3n) is 1.79. The Morgan fingerprint density at radius 1 is 1.12 bits per heavy atom. The molecule has 0 bridgehead atoms. The first-order valence-electron chi connectivity index (χ1n) is 5.04. The van der Waals surface area contributed by atoms with E-state index in [-0.39, 0.29) is 0 Å². The van der Waals surface area contributed by atoms with E-state index in [2.05, 4.69) is 4.98 Å². The van der Waals surface area contributed by atoms with Crippen LogP contribution in [0.2, 0.25) is 10.0 Å². The summed E-state index contributed by atoms with van der Waals surface area (Å²) in [4.78, 5) is 4.37. The van der Waals surface area contributed by atoms with Crippen LogP contribution in [0.5, 0.6) is 0 Å². The summed E-state index contributed by atoms with van der Waals surface area (Å²) < 4.78 is 0. The van der Waals surface area contributed by atoms with Crippen molar-refractivity contribution in [1.29, 1.82) is 0 Å². The number of thiazole rings is 1. The Labute approximate surface area is 110 Å². The van der Waals surface area contributed by atoms with E-state index in [1.54, 1.807) is 17.4 Å². The summed E-state index contributed by atoms with van der Waals surface area (Å²) in [6.45, 7) is 5.97. The van der Waals surface area contributed by atoms with Crippen molar-refractivity contribution in [3.63, 3.8) is 0 Å². The zero-order valence-electron chi connectivity index (χ0n) is 9.42. The van der Waals surface area contributed by atoms with Gasteiger partial charge in [0.1, 0.15) is 5.01 Å². The van der Waals surface area contributed by atoms with Crippen LogP contribution < -0.4 is 0 Å². The van der Waals surface area contributed by atoms with Gasteiger partial charge in [-0.25, -0.2) is 4.98 Å². The second-order valence-corrected chi connectivity index (χ2v) is 4.60. The minimum atomic E-state index is 0.567. The summed E-state index contributed by atoms with van der Waals surface area (Å²) in [5.74, 6) is 0. The van der Waals surface area contributed by atoms with Gasteiger partial charge in [0.15, 0.2) is 0 Å². The normalized spacial score (nSPS) is 9.56. The molecule has 4 heteroatoms. The van der Waals surface area contributed by atoms with Crippen molar-refractivity contribution in [2.75, 3.05) is 0 Å². The second kappa shape index (κ2) is 6.24. The lowest BCUT2D eigenvalue weighted by atomic mass is 10.2. The fraction of sp³-hybridized carbons (Fsp3) is 0.250. The molecule has 2 aromatic rings. The second-order valence-electron chi connectivity index (χ2n) is 2.92. The first-order valence-corrected chi connectivity index (χ1v) is 6.68. The van der Waals surface area contributed by atoms with Gasteiger partial charge >= 0.3 is 0 Å². The van der Waals surface area contributed by atoms with Gasteiger partial charge in [-0.05, 0) is 19.1 Å². The number of aryl methyl sites for hydroxylation is 1. The zero-order chi connectivity index (χ0) is 12.1. The molecule has 16 heavy (non-hydrogen) atoms. The molecule has 0 N–H and O–H groups in total. The van der Waals surface area contributed by atoms with E-state index in [4.69, 9.17) is 23.2 Å². The molecule has 0 aliphatic heterocycles. The standard InChI is InChI=1S/C10H7Cl2NS.C2H6/c1-6-5-14-10(13-6)7-2-3-8(11)9(12)4-7;1-2/h2-5H,1H3;1-2H3. The van der Waals surface area contributed by atoms with Crippen LogP contribution in [0.4, 0.5) is 0 Å². The van der Waals surface area contributed by atoms with Crippen molar-refractivity contribution in [3.05, 3.63) is 39.3 Å². The zero-order valence-corrected chi connectivity index (χ0v) is 11.7. The summed E-state index contributed by atoms with van der Waals surface area (Å²) in [7, 11) is 0. The number of halogens is 2. The predicted octanol–water partition coefficient (Wildman–Crippen LogP) is 5.45. The maximum absolute atomic E-state index is 5.92. The highest BCUT2D eigenvalue weighted by Gasteiger charge is 2.04. The molecule has 1 aromatic carbocycles. The van der Waals surface area contributed by atoms with E-state index in [1.807, 2.05) is 38.3 Å². The lowest BCUT2D eigenvalue weighted by Crippen LogP contribution is -1.77. The van der Waals surface area contributed by atoms with Crippen molar-refractivity contribution in [2.24, 2.45) is 0 Å². The van der Waals surface area contributed by atoms with Crippen molar-refractivity contribution in [3.8, 4) is 10.6 Å². The lowest BCUT2D eigenvalue weighted by Gasteiger charge is -1.98. The maximum Gasteiger partial charge on any atom is 0.123 e. The van der Waals surface area contributed by atoms with Gasteiger partial charge in [0.25, 0.3) is 0 Å². The van der Waals surface area contributed by atoms with Gasteiger partial charge in [0.05, 0.1) is 10.0 Å². The molecule has 1 heterocycles. The number of aromatic nitrogens is 1. The molecule has 0 saturated carbocycles. The van der Waals surface area contributed by atoms with Crippen LogP contribution in [0.15, 0.2) is 23.6 Å². The molecule has 1 aromatic heterocycles. The Hall–Kier alpha value is -0.570. The number of benzene rings is 1. The first kappa shape index (κ1) is 13.5. The molecule has 2 rings (SSSR count). The number of hydrogen-bond acceptors (Lipinski definition) is 2. The van der Waals surface area contributed by atoms with E-state index in [0.29, 0.717) is 10.0 Å². The largest absolute Gasteiger partial charge is 0.241 e. The van der Waals surface area contributed by atoms with Gasteiger partial charge in [-0.2, -0.15) is 0 Å². The van der Waals surface area contributed by atoms with Crippen LogP contribution in [-0.4, -0.2) is 4.98 Å². The van der Waals surface area contributed by atoms with E-state index < -0.39 is 0 Å². The third kappa shape index (κ3) is 3.21.